The Morgan fingerprint density at radius 1 is 1.11 bits per heavy atom. The van der Waals surface area contributed by atoms with E-state index in [0.29, 0.717) is 55.3 Å². The molecule has 1 heterocycles. The fraction of sp³-hybridized carbons (Fsp3) is 0.381. The largest absolute Gasteiger partial charge is 0.497 e. The van der Waals surface area contributed by atoms with Crippen molar-refractivity contribution < 1.29 is 23.8 Å². The monoisotopic (exact) mass is 388 g/mol. The molecule has 1 fully saturated rings. The smallest absolute Gasteiger partial charge is 0.254 e. The number of amides is 1. The Labute approximate surface area is 164 Å². The van der Waals surface area contributed by atoms with Crippen molar-refractivity contribution >= 4 is 5.91 Å². The van der Waals surface area contributed by atoms with Gasteiger partial charge < -0.3 is 19.5 Å². The summed E-state index contributed by atoms with van der Waals surface area (Å²) in [4.78, 5) is 16.3. The second kappa shape index (κ2) is 9.03. The van der Waals surface area contributed by atoms with Gasteiger partial charge in [0.25, 0.3) is 5.91 Å². The topological polar surface area (TPSA) is 62.2 Å². The highest BCUT2D eigenvalue weighted by Crippen LogP contribution is 2.30. The number of halogens is 1. The molecule has 3 rings (SSSR count). The number of piperazine rings is 1. The Kier molecular flexibility index (Phi) is 6.49. The molecule has 1 aliphatic rings. The summed E-state index contributed by atoms with van der Waals surface area (Å²) in [7, 11) is 3.14. The maximum atomic E-state index is 13.4. The molecule has 7 heteroatoms. The van der Waals surface area contributed by atoms with Crippen LogP contribution in [0.15, 0.2) is 42.5 Å². The molecule has 2 aromatic rings. The highest BCUT2D eigenvalue weighted by Gasteiger charge is 2.25. The molecule has 1 atom stereocenters. The quantitative estimate of drug-likeness (QED) is 0.823. The first-order chi connectivity index (χ1) is 13.5. The van der Waals surface area contributed by atoms with Gasteiger partial charge in [-0.25, -0.2) is 4.39 Å². The summed E-state index contributed by atoms with van der Waals surface area (Å²) in [5, 5.41) is 10.7. The zero-order valence-electron chi connectivity index (χ0n) is 16.1. The molecule has 1 saturated heterocycles. The predicted octanol–water partition coefficient (Wildman–Crippen LogP) is 2.33. The van der Waals surface area contributed by atoms with E-state index in [9.17, 15) is 14.3 Å². The normalized spacial score (nSPS) is 15.9. The molecule has 2 aromatic carbocycles. The molecule has 0 aliphatic carbocycles. The van der Waals surface area contributed by atoms with Crippen LogP contribution in [-0.2, 0) is 0 Å². The zero-order valence-corrected chi connectivity index (χ0v) is 16.1. The van der Waals surface area contributed by atoms with Gasteiger partial charge in [0.2, 0.25) is 0 Å². The zero-order chi connectivity index (χ0) is 20.1. The number of hydrogen-bond donors (Lipinski definition) is 1. The van der Waals surface area contributed by atoms with Crippen molar-refractivity contribution in [3.05, 3.63) is 59.4 Å². The lowest BCUT2D eigenvalue weighted by molar-refractivity contribution is 0.0523. The van der Waals surface area contributed by atoms with Gasteiger partial charge in [0.05, 0.1) is 20.3 Å². The minimum absolute atomic E-state index is 0.172. The molecule has 0 aromatic heterocycles. The van der Waals surface area contributed by atoms with Crippen LogP contribution in [0, 0.1) is 5.82 Å². The Bertz CT molecular complexity index is 822. The lowest BCUT2D eigenvalue weighted by Crippen LogP contribution is -2.49. The van der Waals surface area contributed by atoms with Gasteiger partial charge >= 0.3 is 0 Å². The number of methoxy groups -OCH3 is 2. The van der Waals surface area contributed by atoms with E-state index in [1.54, 1.807) is 43.4 Å². The average Bonchev–Trinajstić information content (AvgIpc) is 2.73. The molecule has 1 aliphatic heterocycles. The third kappa shape index (κ3) is 4.61. The fourth-order valence-electron chi connectivity index (χ4n) is 3.38. The first-order valence-electron chi connectivity index (χ1n) is 9.19. The van der Waals surface area contributed by atoms with Crippen molar-refractivity contribution in [3.8, 4) is 11.5 Å². The maximum Gasteiger partial charge on any atom is 0.254 e. The predicted molar refractivity (Wildman–Crippen MR) is 103 cm³/mol. The Balaban J connectivity index is 1.59. The van der Waals surface area contributed by atoms with Crippen LogP contribution in [0.2, 0.25) is 0 Å². The second-order valence-corrected chi connectivity index (χ2v) is 6.73. The Morgan fingerprint density at radius 3 is 2.50 bits per heavy atom. The van der Waals surface area contributed by atoms with Crippen molar-refractivity contribution in [1.82, 2.24) is 9.80 Å². The number of rotatable bonds is 6. The maximum absolute atomic E-state index is 13.4. The van der Waals surface area contributed by atoms with E-state index in [1.165, 1.54) is 18.2 Å². The van der Waals surface area contributed by atoms with E-state index in [1.807, 2.05) is 0 Å². The lowest BCUT2D eigenvalue weighted by atomic mass is 10.1. The van der Waals surface area contributed by atoms with Crippen LogP contribution >= 0.6 is 0 Å². The van der Waals surface area contributed by atoms with Crippen LogP contribution < -0.4 is 9.47 Å². The SMILES string of the molecule is COc1ccc(OC)c([C@H](O)CN2CCN(C(=O)c3cccc(F)c3)CC2)c1. The van der Waals surface area contributed by atoms with E-state index in [-0.39, 0.29) is 5.91 Å². The molecule has 0 unspecified atom stereocenters. The molecule has 1 amide bonds. The number of carbonyl (C=O) groups excluding carboxylic acids is 1. The highest BCUT2D eigenvalue weighted by molar-refractivity contribution is 5.94. The van der Waals surface area contributed by atoms with Gasteiger partial charge in [-0.05, 0) is 36.4 Å². The van der Waals surface area contributed by atoms with Gasteiger partial charge in [-0.15, -0.1) is 0 Å². The number of benzene rings is 2. The summed E-state index contributed by atoms with van der Waals surface area (Å²) in [6.45, 7) is 2.73. The van der Waals surface area contributed by atoms with E-state index in [2.05, 4.69) is 4.90 Å². The summed E-state index contributed by atoms with van der Waals surface area (Å²) in [5.41, 5.74) is 1.02. The van der Waals surface area contributed by atoms with E-state index in [0.717, 1.165) is 0 Å². The average molecular weight is 388 g/mol. The van der Waals surface area contributed by atoms with Crippen LogP contribution in [0.5, 0.6) is 11.5 Å². The van der Waals surface area contributed by atoms with Gasteiger partial charge in [-0.1, -0.05) is 6.07 Å². The van der Waals surface area contributed by atoms with Crippen LogP contribution in [0.25, 0.3) is 0 Å². The lowest BCUT2D eigenvalue weighted by Gasteiger charge is -2.35. The van der Waals surface area contributed by atoms with Crippen molar-refractivity contribution in [2.45, 2.75) is 6.10 Å². The molecule has 0 radical (unpaired) electrons. The summed E-state index contributed by atoms with van der Waals surface area (Å²) in [6, 6.07) is 11.1. The van der Waals surface area contributed by atoms with E-state index in [4.69, 9.17) is 9.47 Å². The first-order valence-corrected chi connectivity index (χ1v) is 9.19. The third-order valence-corrected chi connectivity index (χ3v) is 4.96. The molecule has 28 heavy (non-hydrogen) atoms. The molecule has 0 bridgehead atoms. The number of hydrogen-bond acceptors (Lipinski definition) is 5. The summed E-state index contributed by atoms with van der Waals surface area (Å²) in [6.07, 6.45) is -0.740. The molecule has 0 saturated carbocycles. The molecule has 1 N–H and O–H groups in total. The number of aliphatic hydroxyl groups is 1. The van der Waals surface area contributed by atoms with Crippen LogP contribution in [0.3, 0.4) is 0 Å². The van der Waals surface area contributed by atoms with Crippen LogP contribution in [-0.4, -0.2) is 67.8 Å². The first kappa shape index (κ1) is 20.1. The Hall–Kier alpha value is -2.64. The number of carbonyl (C=O) groups is 1. The number of ether oxygens (including phenoxy) is 2. The van der Waals surface area contributed by atoms with Gasteiger partial charge in [0, 0.05) is 43.9 Å². The minimum atomic E-state index is -0.740. The number of aliphatic hydroxyl groups excluding tert-OH is 1. The van der Waals surface area contributed by atoms with Crippen molar-refractivity contribution in [3.63, 3.8) is 0 Å². The van der Waals surface area contributed by atoms with Crippen molar-refractivity contribution in [2.24, 2.45) is 0 Å². The van der Waals surface area contributed by atoms with Crippen LogP contribution in [0.4, 0.5) is 4.39 Å². The minimum Gasteiger partial charge on any atom is -0.497 e. The van der Waals surface area contributed by atoms with E-state index < -0.39 is 11.9 Å². The Morgan fingerprint density at radius 2 is 1.86 bits per heavy atom. The van der Waals surface area contributed by atoms with Crippen molar-refractivity contribution in [1.29, 1.82) is 0 Å². The molecular formula is C21H25FN2O4. The number of nitrogens with zero attached hydrogens (tertiary/aromatic N) is 2. The van der Waals surface area contributed by atoms with Gasteiger partial charge in [0.1, 0.15) is 17.3 Å². The fourth-order valence-corrected chi connectivity index (χ4v) is 3.38. The highest BCUT2D eigenvalue weighted by atomic mass is 19.1. The molecule has 150 valence electrons. The van der Waals surface area contributed by atoms with Gasteiger partial charge in [-0.3, -0.25) is 9.69 Å². The molecule has 0 spiro atoms. The standard InChI is InChI=1S/C21H25FN2O4/c1-27-17-6-7-20(28-2)18(13-17)19(25)14-23-8-10-24(11-9-23)21(26)15-4-3-5-16(22)12-15/h3-7,12-13,19,25H,8-11,14H2,1-2H3/t19-/m1/s1. The second-order valence-electron chi connectivity index (χ2n) is 6.73. The molecular weight excluding hydrogens is 363 g/mol. The van der Waals surface area contributed by atoms with E-state index >= 15 is 0 Å². The summed E-state index contributed by atoms with van der Waals surface area (Å²) in [5.74, 6) is 0.669. The van der Waals surface area contributed by atoms with Gasteiger partial charge in [0.15, 0.2) is 0 Å². The van der Waals surface area contributed by atoms with Crippen LogP contribution in [0.1, 0.15) is 22.0 Å². The third-order valence-electron chi connectivity index (χ3n) is 4.96. The van der Waals surface area contributed by atoms with Crippen molar-refractivity contribution in [2.75, 3.05) is 46.9 Å². The number of β-amino-alcohol motifs (C(OH)–C–C–N with tert-alkyl or cyclic N) is 1. The summed E-state index contributed by atoms with van der Waals surface area (Å²) >= 11 is 0. The van der Waals surface area contributed by atoms with Gasteiger partial charge in [-0.2, -0.15) is 0 Å². The summed E-state index contributed by atoms with van der Waals surface area (Å²) < 4.78 is 23.9. The molecule has 6 nitrogen and oxygen atoms in total.